The van der Waals surface area contributed by atoms with Gasteiger partial charge in [0.25, 0.3) is 0 Å². The van der Waals surface area contributed by atoms with E-state index in [4.69, 9.17) is 5.73 Å². The average Bonchev–Trinajstić information content (AvgIpc) is 3.94. The van der Waals surface area contributed by atoms with Gasteiger partial charge in [-0.3, -0.25) is 14.4 Å². The van der Waals surface area contributed by atoms with E-state index in [1.54, 1.807) is 4.90 Å². The fraction of sp³-hybridized carbons (Fsp3) is 0.263. The van der Waals surface area contributed by atoms with Crippen LogP contribution in [0.4, 0.5) is 0 Å². The van der Waals surface area contributed by atoms with Crippen LogP contribution < -0.4 is 16.4 Å². The predicted octanol–water partition coefficient (Wildman–Crippen LogP) is 3.65. The summed E-state index contributed by atoms with van der Waals surface area (Å²) in [6, 6.07) is 19.9. The Bertz CT molecular complexity index is 2150. The maximum absolute atomic E-state index is 13.9. The molecule has 250 valence electrons. The highest BCUT2D eigenvalue weighted by molar-refractivity contribution is 5.95. The van der Waals surface area contributed by atoms with Gasteiger partial charge < -0.3 is 41.0 Å². The molecule has 7 N–H and O–H groups in total. The molecule has 1 aliphatic rings. The van der Waals surface area contributed by atoms with Crippen molar-refractivity contribution in [2.45, 2.75) is 56.3 Å². The van der Waals surface area contributed by atoms with E-state index in [2.05, 4.69) is 25.6 Å². The average molecular weight is 658 g/mol. The number of hydrogen-bond donors (Lipinski definition) is 6. The van der Waals surface area contributed by atoms with Crippen molar-refractivity contribution in [1.29, 1.82) is 0 Å². The number of amides is 3. The zero-order valence-corrected chi connectivity index (χ0v) is 26.9. The molecule has 49 heavy (non-hydrogen) atoms. The number of carbonyl (C=O) groups excluding carboxylic acids is 4. The van der Waals surface area contributed by atoms with E-state index in [0.29, 0.717) is 25.8 Å². The third kappa shape index (κ3) is 6.57. The number of hydrogen-bond acceptors (Lipinski definition) is 5. The van der Waals surface area contributed by atoms with Crippen LogP contribution in [0.3, 0.4) is 0 Å². The molecule has 4 heterocycles. The number of benzene rings is 3. The molecule has 0 bridgehead atoms. The largest absolute Gasteiger partial charge is 0.361 e. The van der Waals surface area contributed by atoms with Crippen LogP contribution in [0.15, 0.2) is 91.4 Å². The van der Waals surface area contributed by atoms with Crippen LogP contribution in [0, 0.1) is 0 Å². The number of rotatable bonds is 12. The topological polar surface area (TPSA) is 169 Å². The Morgan fingerprint density at radius 1 is 0.755 bits per heavy atom. The van der Waals surface area contributed by atoms with Crippen molar-refractivity contribution in [2.75, 3.05) is 6.54 Å². The van der Waals surface area contributed by atoms with E-state index in [0.717, 1.165) is 55.7 Å². The third-order valence-corrected chi connectivity index (χ3v) is 9.61. The summed E-state index contributed by atoms with van der Waals surface area (Å²) in [7, 11) is 0. The summed E-state index contributed by atoms with van der Waals surface area (Å²) in [5.74, 6) is -1.22. The molecule has 3 aromatic heterocycles. The Morgan fingerprint density at radius 3 is 1.82 bits per heavy atom. The summed E-state index contributed by atoms with van der Waals surface area (Å²) in [6.45, 7) is 0.398. The number of fused-ring (bicyclic) bond motifs is 3. The van der Waals surface area contributed by atoms with E-state index in [1.165, 1.54) is 0 Å². The number of aldehydes is 1. The summed E-state index contributed by atoms with van der Waals surface area (Å²) in [5, 5.41) is 8.73. The molecule has 1 saturated heterocycles. The van der Waals surface area contributed by atoms with Gasteiger partial charge in [-0.05, 0) is 54.2 Å². The molecule has 0 aliphatic carbocycles. The highest BCUT2D eigenvalue weighted by atomic mass is 16.2. The first-order chi connectivity index (χ1) is 23.9. The summed E-state index contributed by atoms with van der Waals surface area (Å²) in [4.78, 5) is 64.9. The van der Waals surface area contributed by atoms with Crippen LogP contribution in [-0.2, 0) is 38.4 Å². The molecule has 11 nitrogen and oxygen atoms in total. The second kappa shape index (κ2) is 13.8. The highest BCUT2D eigenvalue weighted by Gasteiger charge is 2.38. The van der Waals surface area contributed by atoms with Crippen LogP contribution in [0.25, 0.3) is 32.7 Å². The Kier molecular flexibility index (Phi) is 8.99. The van der Waals surface area contributed by atoms with Gasteiger partial charge in [0.05, 0.1) is 12.1 Å². The molecule has 7 rings (SSSR count). The van der Waals surface area contributed by atoms with E-state index in [1.807, 2.05) is 91.4 Å². The van der Waals surface area contributed by atoms with Gasteiger partial charge >= 0.3 is 0 Å². The molecule has 0 radical (unpaired) electrons. The maximum Gasteiger partial charge on any atom is 0.243 e. The normalized spacial score (nSPS) is 16.5. The quantitative estimate of drug-likeness (QED) is 0.110. The Morgan fingerprint density at radius 2 is 1.27 bits per heavy atom. The first-order valence-electron chi connectivity index (χ1n) is 16.7. The molecule has 6 aromatic rings. The van der Waals surface area contributed by atoms with Crippen molar-refractivity contribution < 1.29 is 19.2 Å². The van der Waals surface area contributed by atoms with Gasteiger partial charge in [0.1, 0.15) is 18.4 Å². The first-order valence-corrected chi connectivity index (χ1v) is 16.7. The molecule has 0 spiro atoms. The Balaban J connectivity index is 1.08. The van der Waals surface area contributed by atoms with Crippen molar-refractivity contribution >= 4 is 56.7 Å². The molecule has 1 aliphatic heterocycles. The minimum atomic E-state index is -1.01. The van der Waals surface area contributed by atoms with E-state index in [-0.39, 0.29) is 18.7 Å². The fourth-order valence-corrected chi connectivity index (χ4v) is 7.09. The number of nitrogens with two attached hydrogens (primary N) is 1. The maximum atomic E-state index is 13.9. The van der Waals surface area contributed by atoms with Gasteiger partial charge in [-0.25, -0.2) is 0 Å². The molecular formula is C38H39N7O4. The van der Waals surface area contributed by atoms with Crippen LogP contribution in [0.2, 0.25) is 0 Å². The number of nitrogens with zero attached hydrogens (tertiary/aromatic N) is 1. The van der Waals surface area contributed by atoms with Crippen molar-refractivity contribution in [2.24, 2.45) is 5.73 Å². The summed E-state index contributed by atoms with van der Waals surface area (Å²) >= 11 is 0. The van der Waals surface area contributed by atoms with Crippen molar-refractivity contribution in [3.63, 3.8) is 0 Å². The van der Waals surface area contributed by atoms with Gasteiger partial charge in [0, 0.05) is 70.7 Å². The van der Waals surface area contributed by atoms with E-state index < -0.39 is 36.0 Å². The summed E-state index contributed by atoms with van der Waals surface area (Å²) in [5.41, 5.74) is 11.9. The van der Waals surface area contributed by atoms with Crippen LogP contribution in [0.1, 0.15) is 29.5 Å². The van der Waals surface area contributed by atoms with Gasteiger partial charge in [-0.15, -0.1) is 0 Å². The van der Waals surface area contributed by atoms with Crippen LogP contribution in [-0.4, -0.2) is 74.6 Å². The number of carbonyl (C=O) groups is 4. The number of aromatic nitrogens is 3. The summed E-state index contributed by atoms with van der Waals surface area (Å²) < 4.78 is 0. The minimum Gasteiger partial charge on any atom is -0.361 e. The number of likely N-dealkylation sites (tertiary alicyclic amines) is 1. The first kappa shape index (κ1) is 31.9. The number of para-hydroxylation sites is 3. The molecule has 3 amide bonds. The lowest BCUT2D eigenvalue weighted by Gasteiger charge is -2.28. The third-order valence-electron chi connectivity index (χ3n) is 9.61. The zero-order chi connectivity index (χ0) is 33.9. The zero-order valence-electron chi connectivity index (χ0n) is 26.9. The second-order valence-corrected chi connectivity index (χ2v) is 12.8. The van der Waals surface area contributed by atoms with E-state index >= 15 is 0 Å². The number of H-pyrrole nitrogens is 3. The van der Waals surface area contributed by atoms with Crippen molar-refractivity contribution in [1.82, 2.24) is 30.5 Å². The van der Waals surface area contributed by atoms with Gasteiger partial charge in [0.15, 0.2) is 0 Å². The van der Waals surface area contributed by atoms with Crippen LogP contribution in [0.5, 0.6) is 0 Å². The number of nitrogens with one attached hydrogen (secondary N) is 5. The fourth-order valence-electron chi connectivity index (χ4n) is 7.09. The number of aromatic amines is 3. The molecule has 3 aromatic carbocycles. The van der Waals surface area contributed by atoms with E-state index in [9.17, 15) is 19.2 Å². The highest BCUT2D eigenvalue weighted by Crippen LogP contribution is 2.24. The molecule has 4 atom stereocenters. The predicted molar refractivity (Wildman–Crippen MR) is 189 cm³/mol. The smallest absolute Gasteiger partial charge is 0.243 e. The molecule has 0 saturated carbocycles. The lowest BCUT2D eigenvalue weighted by molar-refractivity contribution is -0.140. The van der Waals surface area contributed by atoms with Gasteiger partial charge in [-0.1, -0.05) is 54.6 Å². The van der Waals surface area contributed by atoms with Crippen LogP contribution >= 0.6 is 0 Å². The molecule has 11 heteroatoms. The van der Waals surface area contributed by atoms with Gasteiger partial charge in [0.2, 0.25) is 17.7 Å². The molecule has 0 unspecified atom stereocenters. The standard InChI is InChI=1S/C38H39N7O4/c39-30(17-24-20-41-32-12-5-2-9-28(24)32)38(49)45-15-7-14-35(45)37(48)44-34(18-25-21-42-33-13-6-3-10-29(25)33)36(47)43-26(22-46)16-23-19-40-31-11-4-1-8-27(23)31/h1-6,8-13,19-22,26,30,34-35,40-42H,7,14-18,39H2,(H,43,47)(H,44,48)/t26-,30-,34-,35-/m0/s1. The Labute approximate surface area is 282 Å². The van der Waals surface area contributed by atoms with Crippen molar-refractivity contribution in [3.05, 3.63) is 108 Å². The summed E-state index contributed by atoms with van der Waals surface area (Å²) in [6.07, 6.45) is 8.14. The monoisotopic (exact) mass is 657 g/mol. The minimum absolute atomic E-state index is 0.182. The lowest BCUT2D eigenvalue weighted by Crippen LogP contribution is -2.57. The second-order valence-electron chi connectivity index (χ2n) is 12.8. The molecular weight excluding hydrogens is 618 g/mol. The molecule has 1 fully saturated rings. The van der Waals surface area contributed by atoms with Crippen molar-refractivity contribution in [3.8, 4) is 0 Å². The van der Waals surface area contributed by atoms with Gasteiger partial charge in [-0.2, -0.15) is 0 Å². The SMILES string of the molecule is N[C@@H](Cc1c[nH]c2ccccc12)C(=O)N1CCC[C@H]1C(=O)N[C@@H](Cc1c[nH]c2ccccc12)C(=O)N[C@H](C=O)Cc1c[nH]c2ccccc12. The Hall–Kier alpha value is -5.68. The lowest BCUT2D eigenvalue weighted by atomic mass is 10.0.